The van der Waals surface area contributed by atoms with Crippen LogP contribution in [0.25, 0.3) is 0 Å². The van der Waals surface area contributed by atoms with Crippen LogP contribution in [-0.2, 0) is 14.3 Å². The van der Waals surface area contributed by atoms with E-state index in [1.54, 1.807) is 0 Å². The summed E-state index contributed by atoms with van der Waals surface area (Å²) in [7, 11) is 0. The molecule has 1 heterocycles. The molecular weight excluding hydrogens is 288 g/mol. The van der Waals surface area contributed by atoms with Crippen molar-refractivity contribution in [2.75, 3.05) is 19.8 Å². The van der Waals surface area contributed by atoms with Gasteiger partial charge in [-0.3, -0.25) is 9.69 Å². The molecule has 0 aromatic carbocycles. The molecule has 1 aliphatic heterocycles. The summed E-state index contributed by atoms with van der Waals surface area (Å²) in [6.07, 6.45) is 7.65. The normalized spacial score (nSPS) is 21.0. The zero-order valence-corrected chi connectivity index (χ0v) is 13.1. The first-order valence-electron chi connectivity index (χ1n) is 7.19. The van der Waals surface area contributed by atoms with Gasteiger partial charge in [-0.05, 0) is 32.1 Å². The van der Waals surface area contributed by atoms with Crippen LogP contribution in [0.4, 0.5) is 0 Å². The standard InChI is InChI=1S/C15H20N2O3S/c1-3-19-13(20-4-2)9-10-17-14(18)11-7-5-6-8-12(11)16-15(17)21/h5-8,11,13H,3-4,9-10H2,1-2H3. The van der Waals surface area contributed by atoms with Gasteiger partial charge in [-0.2, -0.15) is 0 Å². The molecule has 5 nitrogen and oxygen atoms in total. The molecule has 0 N–H and O–H groups in total. The second-order valence-electron chi connectivity index (χ2n) is 4.66. The van der Waals surface area contributed by atoms with Gasteiger partial charge in [0.1, 0.15) is 0 Å². The summed E-state index contributed by atoms with van der Waals surface area (Å²) in [5.41, 5.74) is 0.718. The van der Waals surface area contributed by atoms with Crippen molar-refractivity contribution < 1.29 is 14.3 Å². The van der Waals surface area contributed by atoms with Crippen molar-refractivity contribution in [1.29, 1.82) is 0 Å². The van der Waals surface area contributed by atoms with Crippen molar-refractivity contribution in [1.82, 2.24) is 4.90 Å². The lowest BCUT2D eigenvalue weighted by Crippen LogP contribution is -2.47. The Hall–Kier alpha value is -1.37. The van der Waals surface area contributed by atoms with Gasteiger partial charge < -0.3 is 9.47 Å². The Morgan fingerprint density at radius 1 is 1.33 bits per heavy atom. The molecule has 0 saturated heterocycles. The number of hydrogen-bond acceptors (Lipinski definition) is 4. The van der Waals surface area contributed by atoms with E-state index in [-0.39, 0.29) is 18.1 Å². The first kappa shape index (κ1) is 16.0. The van der Waals surface area contributed by atoms with E-state index in [0.717, 1.165) is 5.71 Å². The van der Waals surface area contributed by atoms with Gasteiger partial charge in [0, 0.05) is 26.2 Å². The van der Waals surface area contributed by atoms with E-state index >= 15 is 0 Å². The molecule has 2 rings (SSSR count). The maximum absolute atomic E-state index is 12.5. The smallest absolute Gasteiger partial charge is 0.241 e. The number of carbonyl (C=O) groups excluding carboxylic acids is 1. The summed E-state index contributed by atoms with van der Waals surface area (Å²) in [5, 5.41) is 0.318. The van der Waals surface area contributed by atoms with E-state index in [9.17, 15) is 4.79 Å². The van der Waals surface area contributed by atoms with Crippen LogP contribution in [0.2, 0.25) is 0 Å². The third-order valence-electron chi connectivity index (χ3n) is 3.28. The molecule has 2 aliphatic rings. The SMILES string of the molecule is CCOC(CCN1C(=O)C2C=CC=CC2=NC1=S)OCC. The lowest BCUT2D eigenvalue weighted by molar-refractivity contribution is -0.144. The summed E-state index contributed by atoms with van der Waals surface area (Å²) in [6, 6.07) is 0. The number of rotatable bonds is 7. The Bertz CT molecular complexity index is 493. The monoisotopic (exact) mass is 308 g/mol. The van der Waals surface area contributed by atoms with Crippen molar-refractivity contribution in [2.24, 2.45) is 10.9 Å². The van der Waals surface area contributed by atoms with Gasteiger partial charge in [0.05, 0.1) is 11.6 Å². The van der Waals surface area contributed by atoms with Crippen molar-refractivity contribution in [3.63, 3.8) is 0 Å². The van der Waals surface area contributed by atoms with Crippen LogP contribution in [-0.4, -0.2) is 47.7 Å². The van der Waals surface area contributed by atoms with Crippen molar-refractivity contribution in [3.05, 3.63) is 24.3 Å². The molecular formula is C15H20N2O3S. The fraction of sp³-hybridized carbons (Fsp3) is 0.533. The highest BCUT2D eigenvalue weighted by Crippen LogP contribution is 2.20. The Balaban J connectivity index is 2.01. The highest BCUT2D eigenvalue weighted by atomic mass is 32.1. The van der Waals surface area contributed by atoms with Crippen molar-refractivity contribution in [2.45, 2.75) is 26.6 Å². The summed E-state index contributed by atoms with van der Waals surface area (Å²) in [6.45, 7) is 5.42. The number of thiocarbonyl (C=S) groups is 1. The molecule has 0 saturated carbocycles. The fourth-order valence-electron chi connectivity index (χ4n) is 2.31. The maximum atomic E-state index is 12.5. The van der Waals surface area contributed by atoms with Gasteiger partial charge >= 0.3 is 0 Å². The first-order valence-corrected chi connectivity index (χ1v) is 7.60. The van der Waals surface area contributed by atoms with Crippen LogP contribution in [0.5, 0.6) is 0 Å². The van der Waals surface area contributed by atoms with Crippen molar-refractivity contribution >= 4 is 28.9 Å². The fourth-order valence-corrected chi connectivity index (χ4v) is 2.59. The predicted octanol–water partition coefficient (Wildman–Crippen LogP) is 2.09. The molecule has 0 radical (unpaired) electrons. The van der Waals surface area contributed by atoms with Gasteiger partial charge in [-0.25, -0.2) is 4.99 Å². The average molecular weight is 308 g/mol. The van der Waals surface area contributed by atoms with Crippen LogP contribution in [0.15, 0.2) is 29.3 Å². The van der Waals surface area contributed by atoms with Crippen molar-refractivity contribution in [3.8, 4) is 0 Å². The minimum atomic E-state index is -0.320. The summed E-state index contributed by atoms with van der Waals surface area (Å²) in [4.78, 5) is 18.4. The number of hydrogen-bond donors (Lipinski definition) is 0. The summed E-state index contributed by atoms with van der Waals surface area (Å²) in [5.74, 6) is -0.350. The van der Waals surface area contributed by atoms with Crippen LogP contribution in [0.3, 0.4) is 0 Å². The first-order chi connectivity index (χ1) is 10.2. The predicted molar refractivity (Wildman–Crippen MR) is 85.2 cm³/mol. The summed E-state index contributed by atoms with van der Waals surface area (Å²) >= 11 is 5.23. The minimum Gasteiger partial charge on any atom is -0.353 e. The van der Waals surface area contributed by atoms with E-state index in [4.69, 9.17) is 21.7 Å². The van der Waals surface area contributed by atoms with E-state index in [2.05, 4.69) is 4.99 Å². The molecule has 1 aliphatic carbocycles. The van der Waals surface area contributed by atoms with Gasteiger partial charge in [-0.15, -0.1) is 0 Å². The van der Waals surface area contributed by atoms with E-state index in [1.807, 2.05) is 38.2 Å². The number of carbonyl (C=O) groups is 1. The quantitative estimate of drug-likeness (QED) is 0.534. The molecule has 0 aromatic rings. The molecule has 6 heteroatoms. The van der Waals surface area contributed by atoms with Gasteiger partial charge in [-0.1, -0.05) is 18.2 Å². The van der Waals surface area contributed by atoms with Gasteiger partial charge in [0.15, 0.2) is 6.29 Å². The molecule has 0 fully saturated rings. The van der Waals surface area contributed by atoms with Crippen LogP contribution >= 0.6 is 12.2 Å². The molecule has 114 valence electrons. The Labute approximate surface area is 130 Å². The van der Waals surface area contributed by atoms with E-state index < -0.39 is 0 Å². The molecule has 1 amide bonds. The second-order valence-corrected chi connectivity index (χ2v) is 5.02. The van der Waals surface area contributed by atoms with Crippen LogP contribution in [0.1, 0.15) is 20.3 Å². The van der Waals surface area contributed by atoms with Crippen LogP contribution < -0.4 is 0 Å². The van der Waals surface area contributed by atoms with E-state index in [1.165, 1.54) is 4.90 Å². The number of nitrogens with zero attached hydrogens (tertiary/aromatic N) is 2. The number of ether oxygens (including phenoxy) is 2. The van der Waals surface area contributed by atoms with Crippen LogP contribution in [0, 0.1) is 5.92 Å². The highest BCUT2D eigenvalue weighted by Gasteiger charge is 2.33. The molecule has 1 atom stereocenters. The molecule has 0 aromatic heterocycles. The molecule has 1 unspecified atom stereocenters. The molecule has 0 spiro atoms. The Kier molecular flexibility index (Phi) is 5.78. The molecule has 0 bridgehead atoms. The zero-order valence-electron chi connectivity index (χ0n) is 12.3. The third-order valence-corrected chi connectivity index (χ3v) is 3.59. The Morgan fingerprint density at radius 3 is 2.71 bits per heavy atom. The summed E-state index contributed by atoms with van der Waals surface area (Å²) < 4.78 is 11.0. The number of amides is 1. The molecule has 21 heavy (non-hydrogen) atoms. The largest absolute Gasteiger partial charge is 0.353 e. The lowest BCUT2D eigenvalue weighted by Gasteiger charge is -2.31. The number of allylic oxidation sites excluding steroid dienone is 3. The lowest BCUT2D eigenvalue weighted by atomic mass is 9.95. The third kappa shape index (κ3) is 3.84. The highest BCUT2D eigenvalue weighted by molar-refractivity contribution is 7.80. The van der Waals surface area contributed by atoms with Gasteiger partial charge in [0.25, 0.3) is 0 Å². The average Bonchev–Trinajstić information content (AvgIpc) is 2.47. The van der Waals surface area contributed by atoms with Gasteiger partial charge in [0.2, 0.25) is 11.0 Å². The number of aliphatic imine (C=N–C) groups is 1. The zero-order chi connectivity index (χ0) is 15.2. The van der Waals surface area contributed by atoms with E-state index in [0.29, 0.717) is 31.3 Å². The number of fused-ring (bicyclic) bond motifs is 1. The maximum Gasteiger partial charge on any atom is 0.241 e. The topological polar surface area (TPSA) is 51.1 Å². The Morgan fingerprint density at radius 2 is 2.05 bits per heavy atom. The second kappa shape index (κ2) is 7.59. The minimum absolute atomic E-state index is 0.0302.